The van der Waals surface area contributed by atoms with Gasteiger partial charge in [0.1, 0.15) is 0 Å². The average Bonchev–Trinajstić information content (AvgIpc) is 2.15. The third-order valence-electron chi connectivity index (χ3n) is 2.35. The Balaban J connectivity index is 3.93. The number of unbranched alkanes of at least 4 members (excludes halogenated alkanes) is 1. The Hall–Kier alpha value is -0.570. The van der Waals surface area contributed by atoms with E-state index in [0.717, 1.165) is 25.7 Å². The highest BCUT2D eigenvalue weighted by atomic mass is 16.5. The maximum Gasteiger partial charge on any atom is 0.308 e. The molecule has 0 amide bonds. The summed E-state index contributed by atoms with van der Waals surface area (Å²) in [6, 6.07) is 0. The lowest BCUT2D eigenvalue weighted by Gasteiger charge is -2.20. The van der Waals surface area contributed by atoms with E-state index in [1.807, 2.05) is 6.92 Å². The van der Waals surface area contributed by atoms with Gasteiger partial charge in [-0.15, -0.1) is 0 Å². The number of carbonyl (C=O) groups is 1. The van der Waals surface area contributed by atoms with Gasteiger partial charge >= 0.3 is 5.97 Å². The van der Waals surface area contributed by atoms with Gasteiger partial charge in [-0.2, -0.15) is 0 Å². The lowest BCUT2D eigenvalue weighted by molar-refractivity contribution is -0.146. The molecule has 0 fully saturated rings. The van der Waals surface area contributed by atoms with Crippen LogP contribution in [0.4, 0.5) is 0 Å². The molecular weight excluding hydrogens is 180 g/mol. The fraction of sp³-hybridized carbons (Fsp3) is 0.909. The van der Waals surface area contributed by atoms with Gasteiger partial charge in [0.15, 0.2) is 0 Å². The Morgan fingerprint density at radius 2 is 2.00 bits per heavy atom. The Kier molecular flexibility index (Phi) is 7.48. The first kappa shape index (κ1) is 13.4. The van der Waals surface area contributed by atoms with E-state index in [0.29, 0.717) is 6.61 Å². The van der Waals surface area contributed by atoms with E-state index in [1.165, 1.54) is 0 Å². The molecular formula is C11H22O3. The van der Waals surface area contributed by atoms with E-state index >= 15 is 0 Å². The largest absolute Gasteiger partial charge is 0.481 e. The van der Waals surface area contributed by atoms with Crippen LogP contribution in [0.3, 0.4) is 0 Å². The first-order valence-corrected chi connectivity index (χ1v) is 5.47. The third kappa shape index (κ3) is 5.22. The van der Waals surface area contributed by atoms with Gasteiger partial charge in [0.25, 0.3) is 0 Å². The van der Waals surface area contributed by atoms with Gasteiger partial charge < -0.3 is 9.84 Å². The SMILES string of the molecule is CCCCOC(CCC)C(C)C(=O)O. The van der Waals surface area contributed by atoms with E-state index in [1.54, 1.807) is 6.92 Å². The van der Waals surface area contributed by atoms with E-state index in [2.05, 4.69) is 6.92 Å². The standard InChI is InChI=1S/C11H22O3/c1-4-6-8-14-10(7-5-2)9(3)11(12)13/h9-10H,4-8H2,1-3H3,(H,12,13). The summed E-state index contributed by atoms with van der Waals surface area (Å²) in [6.45, 7) is 6.54. The Labute approximate surface area is 86.5 Å². The van der Waals surface area contributed by atoms with Crippen LogP contribution in [0.1, 0.15) is 46.5 Å². The molecule has 84 valence electrons. The molecule has 0 spiro atoms. The fourth-order valence-corrected chi connectivity index (χ4v) is 1.30. The number of rotatable bonds is 8. The number of aliphatic carboxylic acids is 1. The number of ether oxygens (including phenoxy) is 1. The predicted octanol–water partition coefficient (Wildman–Crippen LogP) is 2.69. The van der Waals surface area contributed by atoms with Crippen molar-refractivity contribution in [2.75, 3.05) is 6.61 Å². The van der Waals surface area contributed by atoms with Crippen LogP contribution < -0.4 is 0 Å². The molecule has 0 aromatic rings. The molecule has 3 heteroatoms. The summed E-state index contributed by atoms with van der Waals surface area (Å²) in [4.78, 5) is 10.8. The molecule has 3 nitrogen and oxygen atoms in total. The van der Waals surface area contributed by atoms with Crippen LogP contribution >= 0.6 is 0 Å². The van der Waals surface area contributed by atoms with Gasteiger partial charge in [-0.3, -0.25) is 4.79 Å². The van der Waals surface area contributed by atoms with Crippen LogP contribution in [0.5, 0.6) is 0 Å². The average molecular weight is 202 g/mol. The molecule has 0 aliphatic rings. The van der Waals surface area contributed by atoms with Crippen LogP contribution in [0, 0.1) is 5.92 Å². The molecule has 0 aliphatic heterocycles. The topological polar surface area (TPSA) is 46.5 Å². The quantitative estimate of drug-likeness (QED) is 0.615. The molecule has 0 bridgehead atoms. The number of hydrogen-bond acceptors (Lipinski definition) is 2. The Morgan fingerprint density at radius 1 is 1.36 bits per heavy atom. The van der Waals surface area contributed by atoms with E-state index < -0.39 is 11.9 Å². The number of hydrogen-bond donors (Lipinski definition) is 1. The van der Waals surface area contributed by atoms with E-state index in [9.17, 15) is 4.79 Å². The van der Waals surface area contributed by atoms with Crippen molar-refractivity contribution in [3.8, 4) is 0 Å². The van der Waals surface area contributed by atoms with Crippen LogP contribution in [-0.2, 0) is 9.53 Å². The smallest absolute Gasteiger partial charge is 0.308 e. The molecule has 0 saturated carbocycles. The third-order valence-corrected chi connectivity index (χ3v) is 2.35. The monoisotopic (exact) mass is 202 g/mol. The van der Waals surface area contributed by atoms with Crippen molar-refractivity contribution < 1.29 is 14.6 Å². The lowest BCUT2D eigenvalue weighted by Crippen LogP contribution is -2.28. The zero-order chi connectivity index (χ0) is 11.0. The van der Waals surface area contributed by atoms with Gasteiger partial charge in [0.05, 0.1) is 12.0 Å². The van der Waals surface area contributed by atoms with Crippen molar-refractivity contribution in [1.82, 2.24) is 0 Å². The zero-order valence-electron chi connectivity index (χ0n) is 9.45. The molecule has 14 heavy (non-hydrogen) atoms. The van der Waals surface area contributed by atoms with Gasteiger partial charge in [0.2, 0.25) is 0 Å². The summed E-state index contributed by atoms with van der Waals surface area (Å²) in [5.41, 5.74) is 0. The molecule has 0 aromatic heterocycles. The maximum atomic E-state index is 10.8. The van der Waals surface area contributed by atoms with Crippen molar-refractivity contribution >= 4 is 5.97 Å². The fourth-order valence-electron chi connectivity index (χ4n) is 1.30. The summed E-state index contributed by atoms with van der Waals surface area (Å²) < 4.78 is 5.57. The highest BCUT2D eigenvalue weighted by molar-refractivity contribution is 5.70. The summed E-state index contributed by atoms with van der Waals surface area (Å²) in [5, 5.41) is 8.86. The second-order valence-electron chi connectivity index (χ2n) is 3.68. The van der Waals surface area contributed by atoms with Crippen LogP contribution in [0.2, 0.25) is 0 Å². The van der Waals surface area contributed by atoms with Gasteiger partial charge in [-0.25, -0.2) is 0 Å². The Bertz CT molecular complexity index is 157. The molecule has 2 atom stereocenters. The van der Waals surface area contributed by atoms with Crippen LogP contribution in [-0.4, -0.2) is 23.8 Å². The second kappa shape index (κ2) is 7.80. The molecule has 0 heterocycles. The minimum Gasteiger partial charge on any atom is -0.481 e. The molecule has 0 aromatic carbocycles. The van der Waals surface area contributed by atoms with Crippen molar-refractivity contribution in [3.05, 3.63) is 0 Å². The maximum absolute atomic E-state index is 10.8. The first-order valence-electron chi connectivity index (χ1n) is 5.47. The van der Waals surface area contributed by atoms with Crippen molar-refractivity contribution in [3.63, 3.8) is 0 Å². The molecule has 1 N–H and O–H groups in total. The second-order valence-corrected chi connectivity index (χ2v) is 3.68. The lowest BCUT2D eigenvalue weighted by atomic mass is 10.0. The molecule has 0 radical (unpaired) electrons. The molecule has 0 aliphatic carbocycles. The predicted molar refractivity (Wildman–Crippen MR) is 56.4 cm³/mol. The summed E-state index contributed by atoms with van der Waals surface area (Å²) in [5.74, 6) is -1.16. The normalized spacial score (nSPS) is 15.1. The Morgan fingerprint density at radius 3 is 2.43 bits per heavy atom. The van der Waals surface area contributed by atoms with E-state index in [4.69, 9.17) is 9.84 Å². The highest BCUT2D eigenvalue weighted by Gasteiger charge is 2.23. The van der Waals surface area contributed by atoms with Gasteiger partial charge in [0, 0.05) is 6.61 Å². The summed E-state index contributed by atoms with van der Waals surface area (Å²) in [6.07, 6.45) is 3.77. The first-order chi connectivity index (χ1) is 6.63. The van der Waals surface area contributed by atoms with Crippen molar-refractivity contribution in [2.45, 2.75) is 52.6 Å². The molecule has 2 unspecified atom stereocenters. The minimum absolute atomic E-state index is 0.121. The van der Waals surface area contributed by atoms with E-state index in [-0.39, 0.29) is 6.10 Å². The van der Waals surface area contributed by atoms with Crippen molar-refractivity contribution in [1.29, 1.82) is 0 Å². The minimum atomic E-state index is -0.764. The van der Waals surface area contributed by atoms with Gasteiger partial charge in [-0.05, 0) is 19.8 Å². The van der Waals surface area contributed by atoms with Gasteiger partial charge in [-0.1, -0.05) is 26.7 Å². The molecule has 0 saturated heterocycles. The van der Waals surface area contributed by atoms with Crippen LogP contribution in [0.25, 0.3) is 0 Å². The number of carboxylic acids is 1. The highest BCUT2D eigenvalue weighted by Crippen LogP contribution is 2.14. The van der Waals surface area contributed by atoms with Crippen molar-refractivity contribution in [2.24, 2.45) is 5.92 Å². The zero-order valence-corrected chi connectivity index (χ0v) is 9.45. The molecule has 0 rings (SSSR count). The van der Waals surface area contributed by atoms with Crippen LogP contribution in [0.15, 0.2) is 0 Å². The summed E-state index contributed by atoms with van der Waals surface area (Å²) >= 11 is 0. The number of carboxylic acid groups (broad SMARTS) is 1. The summed E-state index contributed by atoms with van der Waals surface area (Å²) in [7, 11) is 0.